The van der Waals surface area contributed by atoms with E-state index >= 15 is 0 Å². The lowest BCUT2D eigenvalue weighted by molar-refractivity contribution is -0.136. The van der Waals surface area contributed by atoms with Gasteiger partial charge in [-0.3, -0.25) is 4.79 Å². The molecule has 0 saturated carbocycles. The molecule has 0 aliphatic heterocycles. The average molecular weight is 487 g/mol. The molecular weight excluding hydrogens is 460 g/mol. The van der Waals surface area contributed by atoms with Crippen LogP contribution < -0.4 is 4.74 Å². The number of carbonyl (C=O) groups is 1. The summed E-state index contributed by atoms with van der Waals surface area (Å²) in [6.07, 6.45) is 0.294. The van der Waals surface area contributed by atoms with Gasteiger partial charge < -0.3 is 14.7 Å². The molecule has 4 rings (SSSR count). The minimum absolute atomic E-state index is 0.00553. The van der Waals surface area contributed by atoms with Crippen LogP contribution in [0.4, 0.5) is 0 Å². The molecule has 0 spiro atoms. The second-order valence-electron chi connectivity index (χ2n) is 7.89. The fourth-order valence-electron chi connectivity index (χ4n) is 3.38. The van der Waals surface area contributed by atoms with Crippen LogP contribution in [0.5, 0.6) is 5.75 Å². The zero-order chi connectivity index (χ0) is 24.5. The van der Waals surface area contributed by atoms with Crippen molar-refractivity contribution >= 4 is 23.0 Å². The van der Waals surface area contributed by atoms with Crippen LogP contribution in [0, 0.1) is 6.92 Å². The van der Waals surface area contributed by atoms with Crippen molar-refractivity contribution in [1.82, 2.24) is 4.98 Å². The molecule has 35 heavy (non-hydrogen) atoms. The summed E-state index contributed by atoms with van der Waals surface area (Å²) in [5, 5.41) is 14.2. The number of oxime groups is 1. The van der Waals surface area contributed by atoms with Gasteiger partial charge in [0.1, 0.15) is 24.0 Å². The zero-order valence-electron chi connectivity index (χ0n) is 19.4. The topological polar surface area (TPSA) is 81.0 Å². The Bertz CT molecular complexity index is 1270. The van der Waals surface area contributed by atoms with Gasteiger partial charge in [-0.1, -0.05) is 78.0 Å². The highest BCUT2D eigenvalue weighted by Crippen LogP contribution is 2.28. The normalized spacial score (nSPS) is 11.3. The highest BCUT2D eigenvalue weighted by Gasteiger charge is 2.10. The fraction of sp³-hybridized carbons (Fsp3) is 0.179. The lowest BCUT2D eigenvalue weighted by Crippen LogP contribution is -2.06. The van der Waals surface area contributed by atoms with Crippen molar-refractivity contribution in [3.8, 4) is 16.3 Å². The van der Waals surface area contributed by atoms with Gasteiger partial charge in [0.15, 0.2) is 0 Å². The van der Waals surface area contributed by atoms with E-state index in [2.05, 4.69) is 24.2 Å². The van der Waals surface area contributed by atoms with E-state index in [-0.39, 0.29) is 13.0 Å². The fourth-order valence-corrected chi connectivity index (χ4v) is 4.31. The van der Waals surface area contributed by atoms with Crippen LogP contribution in [0.15, 0.2) is 90.1 Å². The van der Waals surface area contributed by atoms with E-state index in [0.717, 1.165) is 38.0 Å². The van der Waals surface area contributed by atoms with Gasteiger partial charge in [0.25, 0.3) is 0 Å². The Morgan fingerprint density at radius 3 is 2.29 bits per heavy atom. The standard InChI is InChI=1S/C28H26N2O4S/c1-20-26(29-28(35-20)23-10-6-3-7-11-23)19-33-24-14-12-21(13-15-24)18-34-30-25(16-17-27(31)32)22-8-4-2-5-9-22/h2-15H,16-19H2,1H3,(H,31,32)/b30-25-. The van der Waals surface area contributed by atoms with Gasteiger partial charge in [0.2, 0.25) is 0 Å². The van der Waals surface area contributed by atoms with Gasteiger partial charge in [-0.15, -0.1) is 11.3 Å². The molecule has 1 N–H and O–H groups in total. The van der Waals surface area contributed by atoms with Gasteiger partial charge in [-0.25, -0.2) is 4.98 Å². The molecule has 6 nitrogen and oxygen atoms in total. The van der Waals surface area contributed by atoms with Crippen LogP contribution in [-0.4, -0.2) is 21.8 Å². The van der Waals surface area contributed by atoms with Crippen molar-refractivity contribution < 1.29 is 19.5 Å². The van der Waals surface area contributed by atoms with E-state index in [1.54, 1.807) is 11.3 Å². The number of hydrogen-bond donors (Lipinski definition) is 1. The first kappa shape index (κ1) is 24.2. The lowest BCUT2D eigenvalue weighted by Gasteiger charge is -2.08. The first-order valence-electron chi connectivity index (χ1n) is 11.3. The van der Waals surface area contributed by atoms with Crippen molar-refractivity contribution in [2.75, 3.05) is 0 Å². The number of thiazole rings is 1. The third kappa shape index (κ3) is 7.01. The smallest absolute Gasteiger partial charge is 0.303 e. The second-order valence-corrected chi connectivity index (χ2v) is 9.09. The quantitative estimate of drug-likeness (QED) is 0.194. The van der Waals surface area contributed by atoms with Gasteiger partial charge in [-0.2, -0.15) is 0 Å². The van der Waals surface area contributed by atoms with Crippen LogP contribution in [0.1, 0.15) is 34.5 Å². The Hall–Kier alpha value is -3.97. The second kappa shape index (κ2) is 11.9. The Labute approximate surface area is 208 Å². The summed E-state index contributed by atoms with van der Waals surface area (Å²) < 4.78 is 5.95. The van der Waals surface area contributed by atoms with Gasteiger partial charge in [0, 0.05) is 16.9 Å². The molecule has 0 aliphatic carbocycles. The third-order valence-corrected chi connectivity index (χ3v) is 6.36. The van der Waals surface area contributed by atoms with Gasteiger partial charge in [-0.05, 0) is 30.2 Å². The van der Waals surface area contributed by atoms with Crippen LogP contribution in [0.3, 0.4) is 0 Å². The molecule has 0 unspecified atom stereocenters. The van der Waals surface area contributed by atoms with Crippen LogP contribution in [0.2, 0.25) is 0 Å². The summed E-state index contributed by atoms with van der Waals surface area (Å²) in [6.45, 7) is 2.73. The number of carboxylic acid groups (broad SMARTS) is 1. The number of nitrogens with zero attached hydrogens (tertiary/aromatic N) is 2. The number of benzene rings is 3. The number of aromatic nitrogens is 1. The van der Waals surface area contributed by atoms with Gasteiger partial charge >= 0.3 is 5.97 Å². The molecule has 0 atom stereocenters. The zero-order valence-corrected chi connectivity index (χ0v) is 20.2. The molecule has 7 heteroatoms. The molecule has 1 aromatic heterocycles. The van der Waals surface area contributed by atoms with Gasteiger partial charge in [0.05, 0.1) is 17.8 Å². The molecule has 1 heterocycles. The van der Waals surface area contributed by atoms with Crippen molar-refractivity contribution in [3.05, 3.63) is 107 Å². The number of aliphatic carboxylic acids is 1. The predicted molar refractivity (Wildman–Crippen MR) is 138 cm³/mol. The number of hydrogen-bond acceptors (Lipinski definition) is 6. The van der Waals surface area contributed by atoms with Crippen LogP contribution in [-0.2, 0) is 22.8 Å². The summed E-state index contributed by atoms with van der Waals surface area (Å²) in [6, 6.07) is 27.2. The Kier molecular flexibility index (Phi) is 8.25. The maximum absolute atomic E-state index is 11.0. The summed E-state index contributed by atoms with van der Waals surface area (Å²) in [7, 11) is 0. The monoisotopic (exact) mass is 486 g/mol. The SMILES string of the molecule is Cc1sc(-c2ccccc2)nc1COc1ccc(CO/N=C(/CCC(=O)O)c2ccccc2)cc1. The minimum Gasteiger partial charge on any atom is -0.487 e. The summed E-state index contributed by atoms with van der Waals surface area (Å²) >= 11 is 1.67. The van der Waals surface area contributed by atoms with Crippen molar-refractivity contribution in [1.29, 1.82) is 0 Å². The number of aryl methyl sites for hydroxylation is 1. The highest BCUT2D eigenvalue weighted by atomic mass is 32.1. The molecule has 0 bridgehead atoms. The van der Waals surface area contributed by atoms with Crippen molar-refractivity contribution in [2.45, 2.75) is 33.0 Å². The first-order chi connectivity index (χ1) is 17.1. The third-order valence-electron chi connectivity index (χ3n) is 5.30. The van der Waals surface area contributed by atoms with E-state index in [4.69, 9.17) is 19.7 Å². The number of ether oxygens (including phenoxy) is 1. The van der Waals surface area contributed by atoms with Crippen LogP contribution >= 0.6 is 11.3 Å². The predicted octanol–water partition coefficient (Wildman–Crippen LogP) is 6.48. The molecular formula is C28H26N2O4S. The summed E-state index contributed by atoms with van der Waals surface area (Å²) in [4.78, 5) is 22.4. The maximum Gasteiger partial charge on any atom is 0.303 e. The van der Waals surface area contributed by atoms with Crippen LogP contribution in [0.25, 0.3) is 10.6 Å². The molecule has 0 amide bonds. The Morgan fingerprint density at radius 2 is 1.60 bits per heavy atom. The number of rotatable bonds is 11. The van der Waals surface area contributed by atoms with E-state index < -0.39 is 5.97 Å². The first-order valence-corrected chi connectivity index (χ1v) is 12.1. The largest absolute Gasteiger partial charge is 0.487 e. The molecule has 0 aliphatic rings. The molecule has 4 aromatic rings. The molecule has 0 fully saturated rings. The van der Waals surface area contributed by atoms with E-state index in [9.17, 15) is 4.79 Å². The van der Waals surface area contributed by atoms with E-state index in [1.807, 2.05) is 72.8 Å². The van der Waals surface area contributed by atoms with E-state index in [0.29, 0.717) is 18.7 Å². The molecule has 3 aromatic carbocycles. The average Bonchev–Trinajstić information content (AvgIpc) is 3.27. The molecule has 0 radical (unpaired) electrons. The molecule has 0 saturated heterocycles. The maximum atomic E-state index is 11.0. The Balaban J connectivity index is 1.32. The van der Waals surface area contributed by atoms with Crippen molar-refractivity contribution in [3.63, 3.8) is 0 Å². The number of carboxylic acids is 1. The summed E-state index contributed by atoms with van der Waals surface area (Å²) in [5.74, 6) is -0.120. The van der Waals surface area contributed by atoms with E-state index in [1.165, 1.54) is 0 Å². The summed E-state index contributed by atoms with van der Waals surface area (Å²) in [5.41, 5.74) is 4.44. The van der Waals surface area contributed by atoms with Crippen molar-refractivity contribution in [2.24, 2.45) is 5.16 Å². The Morgan fingerprint density at radius 1 is 0.914 bits per heavy atom. The molecule has 178 valence electrons. The minimum atomic E-state index is -0.867. The highest BCUT2D eigenvalue weighted by molar-refractivity contribution is 7.15. The lowest BCUT2D eigenvalue weighted by atomic mass is 10.1.